The standard InChI is InChI=1S/C14H20N4/c1-10-12-11(14(8-15)5-3-4-6-14)7-18(2)13(12)17-9-16-10/h7,9H,3-6,8,15H2,1-2H3. The maximum absolute atomic E-state index is 6.10. The molecule has 0 spiro atoms. The number of rotatable bonds is 2. The average molecular weight is 244 g/mol. The predicted molar refractivity (Wildman–Crippen MR) is 72.4 cm³/mol. The molecule has 1 saturated carbocycles. The van der Waals surface area contributed by atoms with Gasteiger partial charge in [0.05, 0.1) is 5.69 Å². The summed E-state index contributed by atoms with van der Waals surface area (Å²) in [7, 11) is 2.05. The second-order valence-electron chi connectivity index (χ2n) is 5.50. The molecule has 2 aromatic rings. The van der Waals surface area contributed by atoms with E-state index in [-0.39, 0.29) is 5.41 Å². The van der Waals surface area contributed by atoms with E-state index in [0.29, 0.717) is 0 Å². The molecule has 0 saturated heterocycles. The first-order valence-corrected chi connectivity index (χ1v) is 6.65. The smallest absolute Gasteiger partial charge is 0.143 e. The van der Waals surface area contributed by atoms with Crippen LogP contribution in [0.25, 0.3) is 11.0 Å². The largest absolute Gasteiger partial charge is 0.335 e. The van der Waals surface area contributed by atoms with Crippen molar-refractivity contribution in [1.29, 1.82) is 0 Å². The maximum Gasteiger partial charge on any atom is 0.143 e. The third kappa shape index (κ3) is 1.48. The molecule has 4 nitrogen and oxygen atoms in total. The van der Waals surface area contributed by atoms with Crippen molar-refractivity contribution < 1.29 is 0 Å². The lowest BCUT2D eigenvalue weighted by Gasteiger charge is -2.27. The number of aromatic nitrogens is 3. The average Bonchev–Trinajstić information content (AvgIpc) is 2.96. The summed E-state index contributed by atoms with van der Waals surface area (Å²) in [6, 6.07) is 0. The Balaban J connectivity index is 2.29. The zero-order valence-electron chi connectivity index (χ0n) is 11.1. The van der Waals surface area contributed by atoms with E-state index in [2.05, 4.69) is 34.7 Å². The quantitative estimate of drug-likeness (QED) is 0.879. The Kier molecular flexibility index (Phi) is 2.63. The molecule has 0 aromatic carbocycles. The number of nitrogens with zero attached hydrogens (tertiary/aromatic N) is 3. The summed E-state index contributed by atoms with van der Waals surface area (Å²) in [4.78, 5) is 8.76. The lowest BCUT2D eigenvalue weighted by atomic mass is 9.79. The van der Waals surface area contributed by atoms with Gasteiger partial charge >= 0.3 is 0 Å². The van der Waals surface area contributed by atoms with Gasteiger partial charge in [-0.05, 0) is 25.3 Å². The molecule has 3 rings (SSSR count). The van der Waals surface area contributed by atoms with Crippen molar-refractivity contribution in [3.63, 3.8) is 0 Å². The van der Waals surface area contributed by atoms with Gasteiger partial charge in [0.2, 0.25) is 0 Å². The Morgan fingerprint density at radius 2 is 2.06 bits per heavy atom. The summed E-state index contributed by atoms with van der Waals surface area (Å²) in [5, 5.41) is 1.22. The van der Waals surface area contributed by atoms with Gasteiger partial charge in [-0.1, -0.05) is 12.8 Å². The summed E-state index contributed by atoms with van der Waals surface area (Å²) in [5.41, 5.74) is 9.70. The van der Waals surface area contributed by atoms with Crippen molar-refractivity contribution >= 4 is 11.0 Å². The molecule has 2 heterocycles. The molecular weight excluding hydrogens is 224 g/mol. The molecule has 1 fully saturated rings. The summed E-state index contributed by atoms with van der Waals surface area (Å²) in [5.74, 6) is 0. The molecular formula is C14H20N4. The monoisotopic (exact) mass is 244 g/mol. The number of hydrogen-bond acceptors (Lipinski definition) is 3. The number of hydrogen-bond donors (Lipinski definition) is 1. The number of fused-ring (bicyclic) bond motifs is 1. The van der Waals surface area contributed by atoms with Crippen LogP contribution in [0.4, 0.5) is 0 Å². The van der Waals surface area contributed by atoms with E-state index in [1.54, 1.807) is 6.33 Å². The first kappa shape index (κ1) is 11.7. The molecule has 0 bridgehead atoms. The first-order valence-electron chi connectivity index (χ1n) is 6.65. The minimum Gasteiger partial charge on any atom is -0.335 e. The Morgan fingerprint density at radius 3 is 2.72 bits per heavy atom. The van der Waals surface area contributed by atoms with Crippen LogP contribution in [-0.4, -0.2) is 21.1 Å². The molecule has 2 N–H and O–H groups in total. The predicted octanol–water partition coefficient (Wildman–Crippen LogP) is 2.05. The van der Waals surface area contributed by atoms with Gasteiger partial charge in [-0.25, -0.2) is 9.97 Å². The van der Waals surface area contributed by atoms with Gasteiger partial charge in [0.25, 0.3) is 0 Å². The third-order valence-electron chi connectivity index (χ3n) is 4.47. The molecule has 0 amide bonds. The van der Waals surface area contributed by atoms with Crippen LogP contribution in [-0.2, 0) is 12.5 Å². The zero-order valence-corrected chi connectivity index (χ0v) is 11.1. The Bertz CT molecular complexity index is 579. The summed E-state index contributed by atoms with van der Waals surface area (Å²) in [6.45, 7) is 2.78. The van der Waals surface area contributed by atoms with Crippen LogP contribution in [0.15, 0.2) is 12.5 Å². The highest BCUT2D eigenvalue weighted by atomic mass is 15.0. The van der Waals surface area contributed by atoms with E-state index >= 15 is 0 Å². The maximum atomic E-state index is 6.10. The lowest BCUT2D eigenvalue weighted by Crippen LogP contribution is -2.31. The van der Waals surface area contributed by atoms with Gasteiger partial charge in [-0.15, -0.1) is 0 Å². The van der Waals surface area contributed by atoms with Gasteiger partial charge in [0.15, 0.2) is 0 Å². The highest BCUT2D eigenvalue weighted by molar-refractivity contribution is 5.84. The van der Waals surface area contributed by atoms with Crippen molar-refractivity contribution in [1.82, 2.24) is 14.5 Å². The topological polar surface area (TPSA) is 56.7 Å². The van der Waals surface area contributed by atoms with Crippen molar-refractivity contribution in [3.8, 4) is 0 Å². The van der Waals surface area contributed by atoms with Crippen LogP contribution in [0.3, 0.4) is 0 Å². The van der Waals surface area contributed by atoms with E-state index in [0.717, 1.165) is 17.9 Å². The van der Waals surface area contributed by atoms with Crippen LogP contribution in [0.1, 0.15) is 36.9 Å². The fourth-order valence-corrected chi connectivity index (χ4v) is 3.40. The van der Waals surface area contributed by atoms with Crippen molar-refractivity contribution in [3.05, 3.63) is 23.8 Å². The van der Waals surface area contributed by atoms with E-state index in [1.165, 1.54) is 36.6 Å². The number of nitrogens with two attached hydrogens (primary N) is 1. The highest BCUT2D eigenvalue weighted by Gasteiger charge is 2.37. The van der Waals surface area contributed by atoms with Crippen LogP contribution in [0, 0.1) is 6.92 Å². The SMILES string of the molecule is Cc1ncnc2c1c(C1(CN)CCCC1)cn2C. The third-order valence-corrected chi connectivity index (χ3v) is 4.47. The molecule has 0 unspecified atom stereocenters. The van der Waals surface area contributed by atoms with E-state index < -0.39 is 0 Å². The minimum atomic E-state index is 0.148. The van der Waals surface area contributed by atoms with Gasteiger partial charge in [-0.2, -0.15) is 0 Å². The van der Waals surface area contributed by atoms with Crippen molar-refractivity contribution in [2.45, 2.75) is 38.0 Å². The first-order chi connectivity index (χ1) is 8.68. The fourth-order valence-electron chi connectivity index (χ4n) is 3.40. The second kappa shape index (κ2) is 4.05. The Morgan fingerprint density at radius 1 is 1.33 bits per heavy atom. The van der Waals surface area contributed by atoms with Crippen molar-refractivity contribution in [2.24, 2.45) is 12.8 Å². The molecule has 1 aliphatic carbocycles. The normalized spacial score (nSPS) is 18.6. The van der Waals surface area contributed by atoms with Gasteiger partial charge in [0, 0.05) is 30.6 Å². The molecule has 0 aliphatic heterocycles. The van der Waals surface area contributed by atoms with Gasteiger partial charge < -0.3 is 10.3 Å². The Hall–Kier alpha value is -1.42. The van der Waals surface area contributed by atoms with Crippen LogP contribution in [0.2, 0.25) is 0 Å². The molecule has 1 aliphatic rings. The zero-order chi connectivity index (χ0) is 12.8. The molecule has 0 radical (unpaired) electrons. The minimum absolute atomic E-state index is 0.148. The van der Waals surface area contributed by atoms with Crippen LogP contribution >= 0.6 is 0 Å². The van der Waals surface area contributed by atoms with E-state index in [1.807, 2.05) is 0 Å². The van der Waals surface area contributed by atoms with Gasteiger partial charge in [-0.3, -0.25) is 0 Å². The molecule has 18 heavy (non-hydrogen) atoms. The van der Waals surface area contributed by atoms with E-state index in [4.69, 9.17) is 5.73 Å². The van der Waals surface area contributed by atoms with Gasteiger partial charge in [0.1, 0.15) is 12.0 Å². The van der Waals surface area contributed by atoms with Crippen molar-refractivity contribution in [2.75, 3.05) is 6.54 Å². The number of aryl methyl sites for hydroxylation is 2. The molecule has 2 aromatic heterocycles. The molecule has 96 valence electrons. The molecule has 0 atom stereocenters. The van der Waals surface area contributed by atoms with Crippen LogP contribution < -0.4 is 5.73 Å². The lowest BCUT2D eigenvalue weighted by molar-refractivity contribution is 0.455. The van der Waals surface area contributed by atoms with E-state index in [9.17, 15) is 0 Å². The highest BCUT2D eigenvalue weighted by Crippen LogP contribution is 2.43. The second-order valence-corrected chi connectivity index (χ2v) is 5.50. The summed E-state index contributed by atoms with van der Waals surface area (Å²) >= 11 is 0. The van der Waals surface area contributed by atoms with Crippen LogP contribution in [0.5, 0.6) is 0 Å². The summed E-state index contributed by atoms with van der Waals surface area (Å²) < 4.78 is 2.11. The fraction of sp³-hybridized carbons (Fsp3) is 0.571. The molecule has 4 heteroatoms. The Labute approximate surface area is 107 Å². The summed E-state index contributed by atoms with van der Waals surface area (Å²) in [6.07, 6.45) is 8.80.